The second kappa shape index (κ2) is 6.68. The molecule has 1 aromatic heterocycles. The van der Waals surface area contributed by atoms with E-state index in [4.69, 9.17) is 16.3 Å². The van der Waals surface area contributed by atoms with Crippen LogP contribution in [0.5, 0.6) is 11.8 Å². The summed E-state index contributed by atoms with van der Waals surface area (Å²) in [6.45, 7) is 7.66. The summed E-state index contributed by atoms with van der Waals surface area (Å²) in [7, 11) is 0. The van der Waals surface area contributed by atoms with Crippen LogP contribution >= 0.6 is 11.6 Å². The molecule has 0 amide bonds. The van der Waals surface area contributed by atoms with Gasteiger partial charge in [0.25, 0.3) is 0 Å². The molecule has 1 N–H and O–H groups in total. The summed E-state index contributed by atoms with van der Waals surface area (Å²) in [6, 6.07) is 5.92. The molecular formula is C15H18ClN3O. The fourth-order valence-corrected chi connectivity index (χ4v) is 1.90. The van der Waals surface area contributed by atoms with Gasteiger partial charge < -0.3 is 10.1 Å². The van der Waals surface area contributed by atoms with E-state index in [1.165, 1.54) is 0 Å². The van der Waals surface area contributed by atoms with Crippen molar-refractivity contribution in [1.82, 2.24) is 15.3 Å². The minimum absolute atomic E-state index is 0.315. The van der Waals surface area contributed by atoms with Gasteiger partial charge >= 0.3 is 6.01 Å². The van der Waals surface area contributed by atoms with Gasteiger partial charge in [0.1, 0.15) is 5.75 Å². The molecule has 106 valence electrons. The molecule has 1 aromatic carbocycles. The predicted octanol–water partition coefficient (Wildman–Crippen LogP) is 3.65. The van der Waals surface area contributed by atoms with Gasteiger partial charge in [0.15, 0.2) is 0 Å². The first kappa shape index (κ1) is 14.8. The van der Waals surface area contributed by atoms with E-state index in [0.717, 1.165) is 29.9 Å². The number of halogens is 1. The van der Waals surface area contributed by atoms with Crippen molar-refractivity contribution in [2.75, 3.05) is 6.54 Å². The van der Waals surface area contributed by atoms with E-state index in [0.29, 0.717) is 16.8 Å². The van der Waals surface area contributed by atoms with Gasteiger partial charge in [-0.25, -0.2) is 4.98 Å². The second-order valence-corrected chi connectivity index (χ2v) is 4.99. The molecule has 0 atom stereocenters. The van der Waals surface area contributed by atoms with Gasteiger partial charge in [0.2, 0.25) is 0 Å². The third-order valence-corrected chi connectivity index (χ3v) is 3.22. The zero-order chi connectivity index (χ0) is 14.5. The van der Waals surface area contributed by atoms with Gasteiger partial charge in [-0.3, -0.25) is 0 Å². The Morgan fingerprint density at radius 3 is 2.80 bits per heavy atom. The Bertz CT molecular complexity index is 602. The lowest BCUT2D eigenvalue weighted by Crippen LogP contribution is -2.13. The molecule has 0 aliphatic heterocycles. The van der Waals surface area contributed by atoms with Crippen molar-refractivity contribution in [3.05, 3.63) is 46.2 Å². The van der Waals surface area contributed by atoms with Gasteiger partial charge in [-0.05, 0) is 38.1 Å². The Hall–Kier alpha value is -1.65. The molecule has 0 spiro atoms. The number of aryl methyl sites for hydroxylation is 2. The Labute approximate surface area is 124 Å². The molecule has 0 fully saturated rings. The highest BCUT2D eigenvalue weighted by molar-refractivity contribution is 6.32. The molecule has 0 aliphatic rings. The normalized spacial score (nSPS) is 10.6. The maximum Gasteiger partial charge on any atom is 0.322 e. The molecule has 0 radical (unpaired) electrons. The molecule has 0 bridgehead atoms. The molecule has 2 rings (SSSR count). The van der Waals surface area contributed by atoms with Crippen molar-refractivity contribution >= 4 is 11.6 Å². The number of aromatic nitrogens is 2. The monoisotopic (exact) mass is 291 g/mol. The minimum Gasteiger partial charge on any atom is -0.423 e. The van der Waals surface area contributed by atoms with Gasteiger partial charge in [0.05, 0.1) is 5.02 Å². The molecule has 0 unspecified atom stereocenters. The van der Waals surface area contributed by atoms with Crippen LogP contribution in [0.1, 0.15) is 23.7 Å². The van der Waals surface area contributed by atoms with Crippen LogP contribution in [0.15, 0.2) is 24.4 Å². The van der Waals surface area contributed by atoms with E-state index in [1.807, 2.05) is 26.0 Å². The molecule has 2 aromatic rings. The van der Waals surface area contributed by atoms with E-state index < -0.39 is 0 Å². The summed E-state index contributed by atoms with van der Waals surface area (Å²) in [5.74, 6) is 0.575. The van der Waals surface area contributed by atoms with Crippen molar-refractivity contribution in [2.45, 2.75) is 27.3 Å². The van der Waals surface area contributed by atoms with Crippen molar-refractivity contribution in [1.29, 1.82) is 0 Å². The molecule has 4 nitrogen and oxygen atoms in total. The zero-order valence-electron chi connectivity index (χ0n) is 11.9. The third-order valence-electron chi connectivity index (χ3n) is 2.91. The fraction of sp³-hybridized carbons (Fsp3) is 0.333. The van der Waals surface area contributed by atoms with E-state index in [2.05, 4.69) is 22.2 Å². The molecule has 0 saturated heterocycles. The van der Waals surface area contributed by atoms with Crippen molar-refractivity contribution in [3.63, 3.8) is 0 Å². The van der Waals surface area contributed by atoms with Crippen LogP contribution in [-0.2, 0) is 6.54 Å². The summed E-state index contributed by atoms with van der Waals surface area (Å²) in [5.41, 5.74) is 3.04. The van der Waals surface area contributed by atoms with Crippen molar-refractivity contribution < 1.29 is 4.74 Å². The number of rotatable bonds is 5. The van der Waals surface area contributed by atoms with Crippen LogP contribution < -0.4 is 10.1 Å². The lowest BCUT2D eigenvalue weighted by atomic mass is 10.2. The third kappa shape index (κ3) is 3.68. The lowest BCUT2D eigenvalue weighted by Gasteiger charge is -2.09. The van der Waals surface area contributed by atoms with E-state index in [1.54, 1.807) is 12.3 Å². The summed E-state index contributed by atoms with van der Waals surface area (Å²) in [6.07, 6.45) is 1.78. The van der Waals surface area contributed by atoms with Crippen LogP contribution in [0.3, 0.4) is 0 Å². The smallest absolute Gasteiger partial charge is 0.322 e. The van der Waals surface area contributed by atoms with E-state index in [-0.39, 0.29) is 0 Å². The number of benzene rings is 1. The van der Waals surface area contributed by atoms with Gasteiger partial charge in [-0.1, -0.05) is 24.6 Å². The topological polar surface area (TPSA) is 47.0 Å². The minimum atomic E-state index is 0.315. The largest absolute Gasteiger partial charge is 0.423 e. The van der Waals surface area contributed by atoms with Crippen LogP contribution in [0.2, 0.25) is 5.02 Å². The number of hydrogen-bond acceptors (Lipinski definition) is 4. The summed E-state index contributed by atoms with van der Waals surface area (Å²) >= 11 is 6.10. The molecular weight excluding hydrogens is 274 g/mol. The highest BCUT2D eigenvalue weighted by atomic mass is 35.5. The highest BCUT2D eigenvalue weighted by Crippen LogP contribution is 2.28. The first-order valence-electron chi connectivity index (χ1n) is 6.57. The van der Waals surface area contributed by atoms with Crippen LogP contribution in [0.25, 0.3) is 0 Å². The Kier molecular flexibility index (Phi) is 4.93. The molecule has 1 heterocycles. The number of nitrogens with one attached hydrogen (secondary N) is 1. The van der Waals surface area contributed by atoms with E-state index >= 15 is 0 Å². The van der Waals surface area contributed by atoms with Crippen molar-refractivity contribution in [3.8, 4) is 11.8 Å². The van der Waals surface area contributed by atoms with Gasteiger partial charge in [0, 0.05) is 24.0 Å². The first-order chi connectivity index (χ1) is 9.60. The van der Waals surface area contributed by atoms with Crippen LogP contribution in [0.4, 0.5) is 0 Å². The average molecular weight is 292 g/mol. The number of hydrogen-bond donors (Lipinski definition) is 1. The fourth-order valence-electron chi connectivity index (χ4n) is 1.74. The molecule has 0 aliphatic carbocycles. The first-order valence-corrected chi connectivity index (χ1v) is 6.95. The Balaban J connectivity index is 2.17. The SMILES string of the molecule is CCNCc1cnc(Oc2cc(C)ccc2Cl)nc1C. The molecule has 5 heteroatoms. The number of ether oxygens (including phenoxy) is 1. The van der Waals surface area contributed by atoms with Crippen LogP contribution in [0, 0.1) is 13.8 Å². The lowest BCUT2D eigenvalue weighted by molar-refractivity contribution is 0.439. The highest BCUT2D eigenvalue weighted by Gasteiger charge is 2.08. The average Bonchev–Trinajstić information content (AvgIpc) is 2.42. The molecule has 20 heavy (non-hydrogen) atoms. The Morgan fingerprint density at radius 2 is 2.10 bits per heavy atom. The molecule has 0 saturated carbocycles. The van der Waals surface area contributed by atoms with Crippen molar-refractivity contribution in [2.24, 2.45) is 0 Å². The second-order valence-electron chi connectivity index (χ2n) is 4.58. The maximum atomic E-state index is 6.10. The van der Waals surface area contributed by atoms with Crippen LogP contribution in [-0.4, -0.2) is 16.5 Å². The summed E-state index contributed by atoms with van der Waals surface area (Å²) < 4.78 is 5.66. The standard InChI is InChI=1S/C15H18ClN3O/c1-4-17-8-12-9-18-15(19-11(12)3)20-14-7-10(2)5-6-13(14)16/h5-7,9,17H,4,8H2,1-3H3. The summed E-state index contributed by atoms with van der Waals surface area (Å²) in [4.78, 5) is 8.59. The van der Waals surface area contributed by atoms with Gasteiger partial charge in [-0.2, -0.15) is 4.98 Å². The zero-order valence-corrected chi connectivity index (χ0v) is 12.7. The number of nitrogens with zero attached hydrogens (tertiary/aromatic N) is 2. The Morgan fingerprint density at radius 1 is 1.30 bits per heavy atom. The maximum absolute atomic E-state index is 6.10. The summed E-state index contributed by atoms with van der Waals surface area (Å²) in [5, 5.41) is 3.80. The quantitative estimate of drug-likeness (QED) is 0.913. The van der Waals surface area contributed by atoms with E-state index in [9.17, 15) is 0 Å². The predicted molar refractivity (Wildman–Crippen MR) is 80.4 cm³/mol. The van der Waals surface area contributed by atoms with Gasteiger partial charge in [-0.15, -0.1) is 0 Å².